The zero-order valence-electron chi connectivity index (χ0n) is 11.1. The van der Waals surface area contributed by atoms with Crippen molar-refractivity contribution in [2.75, 3.05) is 11.6 Å². The van der Waals surface area contributed by atoms with Crippen molar-refractivity contribution >= 4 is 10.9 Å². The van der Waals surface area contributed by atoms with Crippen molar-refractivity contribution in [2.45, 2.75) is 32.4 Å². The molecular formula is C14H17N3O2. The predicted molar refractivity (Wildman–Crippen MR) is 73.9 cm³/mol. The van der Waals surface area contributed by atoms with Crippen LogP contribution in [0.25, 0.3) is 10.9 Å². The first-order valence-corrected chi connectivity index (χ1v) is 6.59. The Bertz CT molecular complexity index is 678. The lowest BCUT2D eigenvalue weighted by Crippen LogP contribution is -2.35. The summed E-state index contributed by atoms with van der Waals surface area (Å²) in [6, 6.07) is 7.39. The van der Waals surface area contributed by atoms with Crippen LogP contribution in [-0.2, 0) is 6.42 Å². The van der Waals surface area contributed by atoms with E-state index < -0.39 is 6.10 Å². The molecule has 3 rings (SSSR count). The van der Waals surface area contributed by atoms with Crippen molar-refractivity contribution in [2.24, 2.45) is 0 Å². The van der Waals surface area contributed by atoms with Crippen LogP contribution in [0.15, 0.2) is 29.1 Å². The molecule has 0 amide bonds. The average molecular weight is 259 g/mol. The number of fused-ring (bicyclic) bond motifs is 1. The lowest BCUT2D eigenvalue weighted by Gasteiger charge is -2.15. The highest BCUT2D eigenvalue weighted by Gasteiger charge is 2.40. The Balaban J connectivity index is 2.18. The zero-order valence-corrected chi connectivity index (χ0v) is 11.1. The molecule has 1 aliphatic rings. The van der Waals surface area contributed by atoms with Crippen LogP contribution in [0.5, 0.6) is 0 Å². The Morgan fingerprint density at radius 3 is 2.84 bits per heavy atom. The van der Waals surface area contributed by atoms with E-state index in [4.69, 9.17) is 0 Å². The van der Waals surface area contributed by atoms with Gasteiger partial charge in [0.05, 0.1) is 29.6 Å². The standard InChI is InChI=1S/C14H17N3O2/c1-3-13-15-11-7-5-4-6-10(11)14(19)17(13)16-8-12(16)9(2)18/h4-7,9,12,18H,3,8H2,1-2H3/t9-,12-,16?/m0/s1. The molecule has 0 bridgehead atoms. The van der Waals surface area contributed by atoms with E-state index in [2.05, 4.69) is 4.98 Å². The number of hydrogen-bond donors (Lipinski definition) is 1. The number of para-hydroxylation sites is 1. The van der Waals surface area contributed by atoms with E-state index in [1.165, 1.54) is 0 Å². The van der Waals surface area contributed by atoms with Gasteiger partial charge in [-0.1, -0.05) is 19.1 Å². The van der Waals surface area contributed by atoms with Crippen LogP contribution in [0, 0.1) is 0 Å². The molecule has 0 spiro atoms. The van der Waals surface area contributed by atoms with E-state index in [9.17, 15) is 9.90 Å². The molecule has 1 aliphatic heterocycles. The number of hydrogen-bond acceptors (Lipinski definition) is 4. The fourth-order valence-corrected chi connectivity index (χ4v) is 2.44. The van der Waals surface area contributed by atoms with Gasteiger partial charge in [0.25, 0.3) is 5.56 Å². The Morgan fingerprint density at radius 1 is 1.47 bits per heavy atom. The summed E-state index contributed by atoms with van der Waals surface area (Å²) >= 11 is 0. The Morgan fingerprint density at radius 2 is 2.21 bits per heavy atom. The first-order valence-electron chi connectivity index (χ1n) is 6.59. The molecule has 1 aromatic heterocycles. The minimum absolute atomic E-state index is 0.0194. The van der Waals surface area contributed by atoms with Crippen molar-refractivity contribution in [3.63, 3.8) is 0 Å². The highest BCUT2D eigenvalue weighted by atomic mass is 16.3. The minimum Gasteiger partial charge on any atom is -0.391 e. The second-order valence-corrected chi connectivity index (χ2v) is 4.95. The maximum atomic E-state index is 12.6. The van der Waals surface area contributed by atoms with Gasteiger partial charge in [0.15, 0.2) is 0 Å². The lowest BCUT2D eigenvalue weighted by molar-refractivity contribution is 0.193. The van der Waals surface area contributed by atoms with Gasteiger partial charge in [-0.25, -0.2) is 9.66 Å². The Kier molecular flexibility index (Phi) is 2.78. The summed E-state index contributed by atoms with van der Waals surface area (Å²) in [6.45, 7) is 4.42. The predicted octanol–water partition coefficient (Wildman–Crippen LogP) is 0.660. The first-order chi connectivity index (χ1) is 9.13. The normalized spacial score (nSPS) is 19.7. The molecule has 0 saturated carbocycles. The lowest BCUT2D eigenvalue weighted by atomic mass is 10.2. The van der Waals surface area contributed by atoms with E-state index in [-0.39, 0.29) is 11.6 Å². The fourth-order valence-electron chi connectivity index (χ4n) is 2.44. The number of nitrogens with zero attached hydrogens (tertiary/aromatic N) is 3. The van der Waals surface area contributed by atoms with Crippen LogP contribution in [0.4, 0.5) is 0 Å². The molecular weight excluding hydrogens is 242 g/mol. The SMILES string of the molecule is CCc1nc2ccccc2c(=O)n1N1C[C@H]1[C@H](C)O. The summed E-state index contributed by atoms with van der Waals surface area (Å²) in [4.78, 5) is 17.1. The van der Waals surface area contributed by atoms with Gasteiger partial charge in [-0.05, 0) is 19.1 Å². The third-order valence-corrected chi connectivity index (χ3v) is 3.57. The molecule has 2 atom stereocenters. The Hall–Kier alpha value is -1.88. The van der Waals surface area contributed by atoms with E-state index in [0.717, 1.165) is 11.3 Å². The van der Waals surface area contributed by atoms with E-state index in [0.29, 0.717) is 18.4 Å². The number of aliphatic hydroxyl groups excluding tert-OH is 1. The summed E-state index contributed by atoms with van der Waals surface area (Å²) in [6.07, 6.45) is 0.242. The number of benzene rings is 1. The van der Waals surface area contributed by atoms with Crippen LogP contribution in [0.1, 0.15) is 19.7 Å². The fraction of sp³-hybridized carbons (Fsp3) is 0.429. The second kappa shape index (κ2) is 4.35. The first kappa shape index (κ1) is 12.2. The molecule has 2 heterocycles. The summed E-state index contributed by atoms with van der Waals surface area (Å²) in [7, 11) is 0. The van der Waals surface area contributed by atoms with Crippen molar-refractivity contribution in [3.05, 3.63) is 40.4 Å². The summed E-state index contributed by atoms with van der Waals surface area (Å²) in [5, 5.41) is 12.1. The molecule has 5 heteroatoms. The molecule has 0 radical (unpaired) electrons. The third-order valence-electron chi connectivity index (χ3n) is 3.57. The van der Waals surface area contributed by atoms with Gasteiger partial charge < -0.3 is 5.11 Å². The topological polar surface area (TPSA) is 58.1 Å². The molecule has 1 saturated heterocycles. The molecule has 1 aromatic carbocycles. The zero-order chi connectivity index (χ0) is 13.6. The molecule has 5 nitrogen and oxygen atoms in total. The van der Waals surface area contributed by atoms with Crippen LogP contribution in [-0.4, -0.2) is 33.5 Å². The molecule has 0 aliphatic carbocycles. The second-order valence-electron chi connectivity index (χ2n) is 4.95. The smallest absolute Gasteiger partial charge is 0.280 e. The molecule has 19 heavy (non-hydrogen) atoms. The molecule has 1 fully saturated rings. The molecule has 100 valence electrons. The molecule has 2 aromatic rings. The number of aryl methyl sites for hydroxylation is 1. The molecule has 1 N–H and O–H groups in total. The van der Waals surface area contributed by atoms with E-state index in [1.54, 1.807) is 17.7 Å². The highest BCUT2D eigenvalue weighted by Crippen LogP contribution is 2.20. The van der Waals surface area contributed by atoms with Gasteiger partial charge in [-0.15, -0.1) is 0 Å². The van der Waals surface area contributed by atoms with Crippen molar-refractivity contribution in [1.82, 2.24) is 9.66 Å². The minimum atomic E-state index is -0.442. The molecule has 0 unspecified atom stereocenters. The van der Waals surface area contributed by atoms with Crippen molar-refractivity contribution in [3.8, 4) is 0 Å². The highest BCUT2D eigenvalue weighted by molar-refractivity contribution is 5.77. The van der Waals surface area contributed by atoms with E-state index >= 15 is 0 Å². The third kappa shape index (κ3) is 1.90. The van der Waals surface area contributed by atoms with Crippen LogP contribution in [0.2, 0.25) is 0 Å². The number of aliphatic hydroxyl groups is 1. The van der Waals surface area contributed by atoms with Crippen LogP contribution in [0.3, 0.4) is 0 Å². The number of aromatic nitrogens is 2. The van der Waals surface area contributed by atoms with Crippen molar-refractivity contribution < 1.29 is 5.11 Å². The van der Waals surface area contributed by atoms with Gasteiger partial charge in [0, 0.05) is 6.42 Å². The monoisotopic (exact) mass is 259 g/mol. The maximum absolute atomic E-state index is 12.6. The summed E-state index contributed by atoms with van der Waals surface area (Å²) in [5.74, 6) is 0.742. The van der Waals surface area contributed by atoms with Gasteiger partial charge >= 0.3 is 0 Å². The van der Waals surface area contributed by atoms with Crippen LogP contribution < -0.4 is 10.6 Å². The average Bonchev–Trinajstić information content (AvgIpc) is 3.18. The van der Waals surface area contributed by atoms with E-state index in [1.807, 2.05) is 30.1 Å². The van der Waals surface area contributed by atoms with Gasteiger partial charge in [0.1, 0.15) is 5.82 Å². The summed E-state index contributed by atoms with van der Waals surface area (Å²) in [5.41, 5.74) is 0.682. The number of rotatable bonds is 3. The summed E-state index contributed by atoms with van der Waals surface area (Å²) < 4.78 is 1.62. The van der Waals surface area contributed by atoms with Gasteiger partial charge in [0.2, 0.25) is 0 Å². The van der Waals surface area contributed by atoms with Gasteiger partial charge in [-0.3, -0.25) is 9.80 Å². The van der Waals surface area contributed by atoms with Crippen molar-refractivity contribution in [1.29, 1.82) is 0 Å². The van der Waals surface area contributed by atoms with Gasteiger partial charge in [-0.2, -0.15) is 0 Å². The Labute approximate surface area is 111 Å². The maximum Gasteiger partial charge on any atom is 0.280 e. The van der Waals surface area contributed by atoms with Crippen LogP contribution >= 0.6 is 0 Å². The quantitative estimate of drug-likeness (QED) is 0.823. The largest absolute Gasteiger partial charge is 0.391 e.